The summed E-state index contributed by atoms with van der Waals surface area (Å²) in [5, 5.41) is 2.73. The Morgan fingerprint density at radius 3 is 2.29 bits per heavy atom. The van der Waals surface area contributed by atoms with Crippen LogP contribution < -0.4 is 5.32 Å². The molecule has 0 bridgehead atoms. The number of carbonyl (C=O) groups is 2. The molecule has 1 saturated heterocycles. The van der Waals surface area contributed by atoms with Crippen LogP contribution in [-0.4, -0.2) is 75.8 Å². The third-order valence-electron chi connectivity index (χ3n) is 8.09. The number of likely N-dealkylation sites (tertiary alicyclic amines) is 1. The number of carbonyl (C=O) groups excluding carboxylic acids is 2. The van der Waals surface area contributed by atoms with E-state index in [1.165, 1.54) is 5.56 Å². The highest BCUT2D eigenvalue weighted by Crippen LogP contribution is 2.52. The van der Waals surface area contributed by atoms with Crippen molar-refractivity contribution >= 4 is 21.7 Å². The molecule has 2 fully saturated rings. The van der Waals surface area contributed by atoms with Gasteiger partial charge in [0, 0.05) is 43.3 Å². The summed E-state index contributed by atoms with van der Waals surface area (Å²) in [6, 6.07) is 10.7. The number of amides is 2. The Labute approximate surface area is 205 Å². The molecule has 0 aromatic heterocycles. The Morgan fingerprint density at radius 2 is 1.74 bits per heavy atom. The quantitative estimate of drug-likeness (QED) is 0.574. The first-order chi connectivity index (χ1) is 15.8. The molecule has 1 N–H and O–H groups in total. The molecule has 34 heavy (non-hydrogen) atoms. The zero-order chi connectivity index (χ0) is 25.2. The van der Waals surface area contributed by atoms with Crippen LogP contribution in [0.15, 0.2) is 30.3 Å². The summed E-state index contributed by atoms with van der Waals surface area (Å²) >= 11 is 0. The van der Waals surface area contributed by atoms with Crippen molar-refractivity contribution in [3.8, 4) is 0 Å². The highest BCUT2D eigenvalue weighted by atomic mass is 32.2. The molecule has 1 spiro atoms. The van der Waals surface area contributed by atoms with Gasteiger partial charge >= 0.3 is 0 Å². The summed E-state index contributed by atoms with van der Waals surface area (Å²) in [5.41, 5.74) is 0.704. The number of nitrogens with one attached hydrogen (secondary N) is 1. The highest BCUT2D eigenvalue weighted by molar-refractivity contribution is 7.90. The zero-order valence-electron chi connectivity index (χ0n) is 21.4. The minimum atomic E-state index is -3.12. The normalized spacial score (nSPS) is 25.8. The molecule has 190 valence electrons. The van der Waals surface area contributed by atoms with Crippen molar-refractivity contribution in [2.75, 3.05) is 45.7 Å². The average Bonchev–Trinajstić information content (AvgIpc) is 3.07. The number of nitrogens with zero attached hydrogens (tertiary/aromatic N) is 2. The molecule has 3 rings (SSSR count). The maximum atomic E-state index is 12.9. The molecule has 1 aromatic rings. The van der Waals surface area contributed by atoms with Crippen molar-refractivity contribution in [3.63, 3.8) is 0 Å². The van der Waals surface area contributed by atoms with Crippen molar-refractivity contribution < 1.29 is 18.0 Å². The summed E-state index contributed by atoms with van der Waals surface area (Å²) in [4.78, 5) is 29.8. The summed E-state index contributed by atoms with van der Waals surface area (Å²) in [7, 11) is 1.19. The molecule has 2 aliphatic rings. The number of benzene rings is 1. The Morgan fingerprint density at radius 1 is 1.12 bits per heavy atom. The summed E-state index contributed by atoms with van der Waals surface area (Å²) in [5.74, 6) is -0.0570. The molecule has 0 radical (unpaired) electrons. The van der Waals surface area contributed by atoms with Gasteiger partial charge in [0.25, 0.3) is 0 Å². The van der Waals surface area contributed by atoms with Crippen LogP contribution in [0.5, 0.6) is 0 Å². The lowest BCUT2D eigenvalue weighted by molar-refractivity contribution is -0.132. The van der Waals surface area contributed by atoms with Gasteiger partial charge in [-0.1, -0.05) is 44.2 Å². The SMILES string of the molecule is CN(C)[C@]1(c2ccccc2)CC[C@@]2(CC1)CC(=O)N(CCC(C)(C)C(=O)NCCS(C)(=O)=O)C2. The molecule has 1 saturated carbocycles. The minimum absolute atomic E-state index is 0.00895. The van der Waals surface area contributed by atoms with Crippen molar-refractivity contribution in [2.24, 2.45) is 10.8 Å². The van der Waals surface area contributed by atoms with Crippen molar-refractivity contribution in [3.05, 3.63) is 35.9 Å². The van der Waals surface area contributed by atoms with Crippen LogP contribution in [-0.2, 0) is 25.0 Å². The first-order valence-electron chi connectivity index (χ1n) is 12.3. The van der Waals surface area contributed by atoms with Crippen LogP contribution in [0.4, 0.5) is 0 Å². The van der Waals surface area contributed by atoms with Crippen LogP contribution in [0.1, 0.15) is 57.9 Å². The van der Waals surface area contributed by atoms with Crippen LogP contribution in [0, 0.1) is 10.8 Å². The second kappa shape index (κ2) is 9.97. The Kier molecular flexibility index (Phi) is 7.82. The fourth-order valence-corrected chi connectivity index (χ4v) is 6.05. The average molecular weight is 492 g/mol. The van der Waals surface area contributed by atoms with Gasteiger partial charge in [-0.2, -0.15) is 0 Å². The summed E-state index contributed by atoms with van der Waals surface area (Å²) in [6.45, 7) is 5.12. The molecule has 7 nitrogen and oxygen atoms in total. The van der Waals surface area contributed by atoms with Gasteiger partial charge in [-0.3, -0.25) is 14.5 Å². The van der Waals surface area contributed by atoms with E-state index < -0.39 is 15.3 Å². The van der Waals surface area contributed by atoms with Crippen molar-refractivity contribution in [2.45, 2.75) is 57.9 Å². The first-order valence-corrected chi connectivity index (χ1v) is 14.3. The Hall–Kier alpha value is -1.93. The van der Waals surface area contributed by atoms with Gasteiger partial charge in [0.2, 0.25) is 11.8 Å². The predicted molar refractivity (Wildman–Crippen MR) is 135 cm³/mol. The second-order valence-electron chi connectivity index (χ2n) is 11.3. The van der Waals surface area contributed by atoms with E-state index in [2.05, 4.69) is 54.6 Å². The van der Waals surface area contributed by atoms with Crippen LogP contribution in [0.25, 0.3) is 0 Å². The maximum absolute atomic E-state index is 12.9. The van der Waals surface area contributed by atoms with Gasteiger partial charge < -0.3 is 10.2 Å². The van der Waals surface area contributed by atoms with Gasteiger partial charge in [0.1, 0.15) is 9.84 Å². The summed E-state index contributed by atoms with van der Waals surface area (Å²) < 4.78 is 22.6. The van der Waals surface area contributed by atoms with Gasteiger partial charge in [0.15, 0.2) is 0 Å². The maximum Gasteiger partial charge on any atom is 0.225 e. The smallest absolute Gasteiger partial charge is 0.225 e. The van der Waals surface area contributed by atoms with Gasteiger partial charge in [-0.25, -0.2) is 8.42 Å². The molecule has 2 amide bonds. The van der Waals surface area contributed by atoms with E-state index in [1.54, 1.807) is 0 Å². The third-order valence-corrected chi connectivity index (χ3v) is 9.04. The van der Waals surface area contributed by atoms with E-state index in [4.69, 9.17) is 0 Å². The second-order valence-corrected chi connectivity index (χ2v) is 13.6. The Balaban J connectivity index is 1.57. The molecule has 1 aliphatic carbocycles. The molecule has 0 unspecified atom stereocenters. The molecule has 1 heterocycles. The van der Waals surface area contributed by atoms with Crippen LogP contribution in [0.2, 0.25) is 0 Å². The standard InChI is InChI=1S/C26H41N3O4S/c1-24(2,23(31)27-16-18-34(5,32)33)15-17-29-20-25(19-22(29)30)11-13-26(14-12-25,28(3)4)21-9-7-6-8-10-21/h6-10H,11-20H2,1-5H3,(H,27,31)/t25-,26-. The lowest BCUT2D eigenvalue weighted by Crippen LogP contribution is -2.47. The van der Waals surface area contributed by atoms with Crippen molar-refractivity contribution in [1.29, 1.82) is 0 Å². The lowest BCUT2D eigenvalue weighted by atomic mass is 9.64. The first kappa shape index (κ1) is 26.7. The van der Waals surface area contributed by atoms with E-state index in [-0.39, 0.29) is 35.1 Å². The van der Waals surface area contributed by atoms with Gasteiger partial charge in [-0.15, -0.1) is 0 Å². The molecular weight excluding hydrogens is 450 g/mol. The van der Waals surface area contributed by atoms with Gasteiger partial charge in [0.05, 0.1) is 5.75 Å². The predicted octanol–water partition coefficient (Wildman–Crippen LogP) is 2.81. The number of rotatable bonds is 9. The fraction of sp³-hybridized carbons (Fsp3) is 0.692. The van der Waals surface area contributed by atoms with Gasteiger partial charge in [-0.05, 0) is 57.2 Å². The Bertz CT molecular complexity index is 981. The van der Waals surface area contributed by atoms with Crippen LogP contribution in [0.3, 0.4) is 0 Å². The van der Waals surface area contributed by atoms with E-state index in [9.17, 15) is 18.0 Å². The van der Waals surface area contributed by atoms with E-state index in [0.29, 0.717) is 19.4 Å². The van der Waals surface area contributed by atoms with E-state index in [1.807, 2.05) is 18.7 Å². The monoisotopic (exact) mass is 491 g/mol. The molecule has 0 atom stereocenters. The largest absolute Gasteiger partial charge is 0.355 e. The summed E-state index contributed by atoms with van der Waals surface area (Å²) in [6.07, 6.45) is 6.37. The van der Waals surface area contributed by atoms with E-state index in [0.717, 1.165) is 38.5 Å². The molecular formula is C26H41N3O4S. The molecule has 1 aliphatic heterocycles. The minimum Gasteiger partial charge on any atom is -0.355 e. The topological polar surface area (TPSA) is 86.8 Å². The number of hydrogen-bond donors (Lipinski definition) is 1. The zero-order valence-corrected chi connectivity index (χ0v) is 22.2. The van der Waals surface area contributed by atoms with Crippen LogP contribution >= 0.6 is 0 Å². The number of sulfone groups is 1. The number of hydrogen-bond acceptors (Lipinski definition) is 5. The molecule has 1 aromatic carbocycles. The lowest BCUT2D eigenvalue weighted by Gasteiger charge is -2.49. The molecule has 8 heteroatoms. The van der Waals surface area contributed by atoms with Crippen molar-refractivity contribution in [1.82, 2.24) is 15.1 Å². The highest BCUT2D eigenvalue weighted by Gasteiger charge is 2.50. The fourth-order valence-electron chi connectivity index (χ4n) is 5.57. The third kappa shape index (κ3) is 6.00. The van der Waals surface area contributed by atoms with E-state index >= 15 is 0 Å².